The van der Waals surface area contributed by atoms with E-state index in [0.29, 0.717) is 0 Å². The Morgan fingerprint density at radius 3 is 0.706 bits per heavy atom. The highest BCUT2D eigenvalue weighted by Crippen LogP contribution is 2.44. The summed E-state index contributed by atoms with van der Waals surface area (Å²) in [5.74, 6) is 0. The third kappa shape index (κ3) is 12.4. The maximum Gasteiger partial charge on any atom is 0.516 e. The Labute approximate surface area is 221 Å². The molecule has 0 saturated heterocycles. The van der Waals surface area contributed by atoms with Crippen LogP contribution >= 0.6 is 21.6 Å². The Kier molecular flexibility index (Phi) is 17.1. The summed E-state index contributed by atoms with van der Waals surface area (Å²) in [6.45, 7) is 29.0. The fourth-order valence-electron chi connectivity index (χ4n) is 3.48. The van der Waals surface area contributed by atoms with Crippen LogP contribution in [-0.2, 0) is 26.6 Å². The van der Waals surface area contributed by atoms with Gasteiger partial charge in [-0.05, 0) is 95.9 Å². The quantitative estimate of drug-likeness (QED) is 0.120. The lowest BCUT2D eigenvalue weighted by atomic mass is 10.5. The molecule has 34 heavy (non-hydrogen) atoms. The highest BCUT2D eigenvalue weighted by atomic mass is 33.1. The van der Waals surface area contributed by atoms with Crippen LogP contribution in [0.15, 0.2) is 0 Å². The maximum atomic E-state index is 6.54. The summed E-state index contributed by atoms with van der Waals surface area (Å²) in [6.07, 6.45) is 1.82. The molecule has 10 heteroatoms. The molecule has 6 nitrogen and oxygen atoms in total. The van der Waals surface area contributed by atoms with E-state index in [4.69, 9.17) is 26.6 Å². The van der Waals surface area contributed by atoms with Crippen LogP contribution in [0.4, 0.5) is 0 Å². The van der Waals surface area contributed by atoms with Gasteiger partial charge in [-0.15, -0.1) is 0 Å². The summed E-state index contributed by atoms with van der Waals surface area (Å²) in [4.78, 5) is 0.144. The lowest BCUT2D eigenvalue weighted by Crippen LogP contribution is -2.59. The molecule has 0 saturated carbocycles. The fourth-order valence-corrected chi connectivity index (χ4v) is 16.9. The van der Waals surface area contributed by atoms with E-state index in [0.717, 1.165) is 12.8 Å². The normalized spacial score (nSPS) is 15.5. The van der Waals surface area contributed by atoms with Gasteiger partial charge in [0.2, 0.25) is 0 Å². The van der Waals surface area contributed by atoms with Crippen molar-refractivity contribution in [2.45, 2.75) is 156 Å². The molecule has 0 rings (SSSR count). The maximum absolute atomic E-state index is 6.54. The average molecular weight is 559 g/mol. The molecule has 0 aliphatic heterocycles. The van der Waals surface area contributed by atoms with E-state index in [9.17, 15) is 0 Å². The lowest BCUT2D eigenvalue weighted by Gasteiger charge is -2.41. The van der Waals surface area contributed by atoms with Gasteiger partial charge in [0.15, 0.2) is 0 Å². The fraction of sp³-hybridized carbons (Fsp3) is 1.00. The highest BCUT2D eigenvalue weighted by Gasteiger charge is 2.55. The highest BCUT2D eigenvalue weighted by molar-refractivity contribution is 8.77. The van der Waals surface area contributed by atoms with Crippen LogP contribution in [-0.4, -0.2) is 64.0 Å². The molecule has 0 amide bonds. The second-order valence-electron chi connectivity index (χ2n) is 10.2. The molecule has 0 fully saturated rings. The number of hydrogen-bond donors (Lipinski definition) is 0. The van der Waals surface area contributed by atoms with Crippen molar-refractivity contribution < 1.29 is 26.6 Å². The molecule has 0 heterocycles. The third-order valence-electron chi connectivity index (χ3n) is 4.22. The van der Waals surface area contributed by atoms with Crippen LogP contribution in [0.3, 0.4) is 0 Å². The molecular weight excluding hydrogens is 505 g/mol. The molecule has 2 atom stereocenters. The first-order chi connectivity index (χ1) is 15.6. The molecule has 0 aliphatic rings. The van der Waals surface area contributed by atoms with Crippen molar-refractivity contribution >= 4 is 39.2 Å². The molecule has 2 unspecified atom stereocenters. The predicted octanol–water partition coefficient (Wildman–Crippen LogP) is 7.43. The van der Waals surface area contributed by atoms with Crippen molar-refractivity contribution in [2.75, 3.05) is 0 Å². The molecule has 0 aliphatic carbocycles. The zero-order valence-corrected chi connectivity index (χ0v) is 27.9. The first kappa shape index (κ1) is 34.9. The standard InChI is InChI=1S/C24H54O6S2Si2/c1-15-23(33(25-17(3)4,26-18(5)6)27-19(7)8)31-32-24(16-2)34(28-20(9)10,29-21(11)12)30-22(13)14/h17-24H,15-16H2,1-14H3. The molecule has 0 bridgehead atoms. The summed E-state index contributed by atoms with van der Waals surface area (Å²) in [6, 6.07) is 0. The first-order valence-electron chi connectivity index (χ1n) is 13.0. The molecular formula is C24H54O6S2Si2. The van der Waals surface area contributed by atoms with Crippen LogP contribution in [0.2, 0.25) is 0 Å². The molecule has 0 radical (unpaired) electrons. The monoisotopic (exact) mass is 558 g/mol. The predicted molar refractivity (Wildman–Crippen MR) is 152 cm³/mol. The minimum Gasteiger partial charge on any atom is -0.370 e. The minimum atomic E-state index is -3.01. The Hall–Kier alpha value is 0.894. The first-order valence-corrected chi connectivity index (χ1v) is 18.9. The summed E-state index contributed by atoms with van der Waals surface area (Å²) < 4.78 is 39.2. The zero-order valence-electron chi connectivity index (χ0n) is 24.3. The van der Waals surface area contributed by atoms with Gasteiger partial charge in [-0.2, -0.15) is 0 Å². The average Bonchev–Trinajstić information content (AvgIpc) is 2.61. The van der Waals surface area contributed by atoms with Crippen molar-refractivity contribution in [3.63, 3.8) is 0 Å². The SMILES string of the molecule is CCC(SSC(CC)[Si](OC(C)C)(OC(C)C)OC(C)C)[Si](OC(C)C)(OC(C)C)OC(C)C. The van der Waals surface area contributed by atoms with Crippen molar-refractivity contribution in [3.05, 3.63) is 0 Å². The van der Waals surface area contributed by atoms with Gasteiger partial charge in [-0.3, -0.25) is 0 Å². The minimum absolute atomic E-state index is 0.0112. The second-order valence-corrected chi connectivity index (χ2v) is 18.9. The topological polar surface area (TPSA) is 55.4 Å². The van der Waals surface area contributed by atoms with E-state index in [-0.39, 0.29) is 46.4 Å². The summed E-state index contributed by atoms with van der Waals surface area (Å²) in [5, 5.41) is 0. The van der Waals surface area contributed by atoms with Gasteiger partial charge < -0.3 is 26.6 Å². The Morgan fingerprint density at radius 1 is 0.412 bits per heavy atom. The van der Waals surface area contributed by atoms with Crippen molar-refractivity contribution in [1.82, 2.24) is 0 Å². The van der Waals surface area contributed by atoms with Crippen molar-refractivity contribution in [3.8, 4) is 0 Å². The molecule has 0 spiro atoms. The zero-order chi connectivity index (χ0) is 26.7. The lowest BCUT2D eigenvalue weighted by molar-refractivity contribution is 0.000209. The van der Waals surface area contributed by atoms with E-state index in [1.807, 2.05) is 0 Å². The largest absolute Gasteiger partial charge is 0.516 e. The molecule has 0 aromatic rings. The molecule has 0 aromatic carbocycles. The summed E-state index contributed by atoms with van der Waals surface area (Å²) in [7, 11) is -2.44. The van der Waals surface area contributed by atoms with Crippen LogP contribution in [0.1, 0.15) is 110 Å². The van der Waals surface area contributed by atoms with Gasteiger partial charge in [-0.1, -0.05) is 35.4 Å². The van der Waals surface area contributed by atoms with Gasteiger partial charge in [-0.25, -0.2) is 0 Å². The van der Waals surface area contributed by atoms with E-state index in [1.54, 1.807) is 21.6 Å². The Morgan fingerprint density at radius 2 is 0.588 bits per heavy atom. The van der Waals surface area contributed by atoms with Crippen molar-refractivity contribution in [2.24, 2.45) is 0 Å². The van der Waals surface area contributed by atoms with Crippen LogP contribution in [0, 0.1) is 0 Å². The molecule has 0 aromatic heterocycles. The second kappa shape index (κ2) is 16.7. The third-order valence-corrected chi connectivity index (χ3v) is 17.8. The van der Waals surface area contributed by atoms with E-state index >= 15 is 0 Å². The van der Waals surface area contributed by atoms with Gasteiger partial charge in [0, 0.05) is 36.6 Å². The Bertz CT molecular complexity index is 437. The van der Waals surface area contributed by atoms with Crippen LogP contribution in [0.25, 0.3) is 0 Å². The van der Waals surface area contributed by atoms with Gasteiger partial charge in [0.05, 0.1) is 9.75 Å². The summed E-state index contributed by atoms with van der Waals surface area (Å²) >= 11 is 0. The van der Waals surface area contributed by atoms with Gasteiger partial charge in [0.25, 0.3) is 0 Å². The Balaban J connectivity index is 6.17. The van der Waals surface area contributed by atoms with E-state index in [1.165, 1.54) is 0 Å². The van der Waals surface area contributed by atoms with Gasteiger partial charge >= 0.3 is 17.6 Å². The van der Waals surface area contributed by atoms with Crippen LogP contribution in [0.5, 0.6) is 0 Å². The van der Waals surface area contributed by atoms with Crippen molar-refractivity contribution in [1.29, 1.82) is 0 Å². The molecule has 0 N–H and O–H groups in total. The smallest absolute Gasteiger partial charge is 0.370 e. The van der Waals surface area contributed by atoms with Crippen LogP contribution < -0.4 is 0 Å². The summed E-state index contributed by atoms with van der Waals surface area (Å²) in [5.41, 5.74) is 0. The van der Waals surface area contributed by atoms with Gasteiger partial charge in [0.1, 0.15) is 0 Å². The molecule has 206 valence electrons. The number of hydrogen-bond acceptors (Lipinski definition) is 8. The van der Waals surface area contributed by atoms with E-state index in [2.05, 4.69) is 96.9 Å². The number of rotatable bonds is 19. The van der Waals surface area contributed by atoms with E-state index < -0.39 is 17.6 Å².